The van der Waals surface area contributed by atoms with Crippen molar-refractivity contribution in [2.45, 2.75) is 19.5 Å². The van der Waals surface area contributed by atoms with Crippen LogP contribution in [0.2, 0.25) is 0 Å². The van der Waals surface area contributed by atoms with Crippen LogP contribution in [0.1, 0.15) is 12.5 Å². The molecule has 1 atom stereocenters. The van der Waals surface area contributed by atoms with Gasteiger partial charge >= 0.3 is 5.97 Å². The third-order valence-corrected chi connectivity index (χ3v) is 3.77. The second-order valence-corrected chi connectivity index (χ2v) is 5.78. The first-order valence-corrected chi connectivity index (χ1v) is 6.90. The molecular formula is C12H15Br2NO3. The van der Waals surface area contributed by atoms with Gasteiger partial charge in [-0.1, -0.05) is 15.9 Å². The van der Waals surface area contributed by atoms with Crippen LogP contribution in [0.25, 0.3) is 0 Å². The van der Waals surface area contributed by atoms with E-state index >= 15 is 0 Å². The quantitative estimate of drug-likeness (QED) is 0.852. The number of carboxylic acid groups (broad SMARTS) is 1. The highest BCUT2D eigenvalue weighted by Crippen LogP contribution is 2.33. The monoisotopic (exact) mass is 379 g/mol. The number of carbonyl (C=O) groups is 1. The lowest BCUT2D eigenvalue weighted by Gasteiger charge is -2.22. The normalized spacial score (nSPS) is 12.6. The molecule has 18 heavy (non-hydrogen) atoms. The molecule has 0 saturated carbocycles. The van der Waals surface area contributed by atoms with Gasteiger partial charge in [0.05, 0.1) is 11.6 Å². The Morgan fingerprint density at radius 2 is 2.11 bits per heavy atom. The highest BCUT2D eigenvalue weighted by atomic mass is 79.9. The van der Waals surface area contributed by atoms with Gasteiger partial charge in [0.15, 0.2) is 0 Å². The first-order chi connectivity index (χ1) is 8.36. The molecule has 1 rings (SSSR count). The lowest BCUT2D eigenvalue weighted by molar-refractivity contribution is -0.142. The third-order valence-electron chi connectivity index (χ3n) is 2.73. The van der Waals surface area contributed by atoms with Crippen LogP contribution in [0.4, 0.5) is 0 Å². The van der Waals surface area contributed by atoms with Crippen molar-refractivity contribution in [1.82, 2.24) is 4.90 Å². The van der Waals surface area contributed by atoms with Crippen molar-refractivity contribution in [3.8, 4) is 5.75 Å². The van der Waals surface area contributed by atoms with Gasteiger partial charge in [0.1, 0.15) is 11.8 Å². The molecule has 0 heterocycles. The summed E-state index contributed by atoms with van der Waals surface area (Å²) in [5, 5.41) is 8.97. The van der Waals surface area contributed by atoms with Crippen LogP contribution in [0.5, 0.6) is 5.75 Å². The predicted octanol–water partition coefficient (Wildman–Crippen LogP) is 3.13. The molecule has 0 saturated heterocycles. The van der Waals surface area contributed by atoms with Crippen molar-refractivity contribution in [3.63, 3.8) is 0 Å². The van der Waals surface area contributed by atoms with Crippen molar-refractivity contribution in [3.05, 3.63) is 26.6 Å². The molecule has 1 aromatic carbocycles. The number of aliphatic carboxylic acids is 1. The molecule has 0 aliphatic carbocycles. The SMILES string of the molecule is COc1c(Br)cc(Br)cc1CN(C)C(C)C(=O)O. The van der Waals surface area contributed by atoms with Gasteiger partial charge in [-0.2, -0.15) is 0 Å². The largest absolute Gasteiger partial charge is 0.495 e. The zero-order valence-corrected chi connectivity index (χ0v) is 13.6. The smallest absolute Gasteiger partial charge is 0.320 e. The van der Waals surface area contributed by atoms with E-state index in [1.54, 1.807) is 26.0 Å². The Hall–Kier alpha value is -0.590. The zero-order chi connectivity index (χ0) is 13.9. The van der Waals surface area contributed by atoms with Crippen molar-refractivity contribution in [2.24, 2.45) is 0 Å². The van der Waals surface area contributed by atoms with Gasteiger partial charge in [0, 0.05) is 16.6 Å². The van der Waals surface area contributed by atoms with Crippen molar-refractivity contribution in [2.75, 3.05) is 14.2 Å². The fourth-order valence-electron chi connectivity index (χ4n) is 1.55. The molecule has 1 aromatic rings. The van der Waals surface area contributed by atoms with Gasteiger partial charge in [-0.3, -0.25) is 9.69 Å². The number of ether oxygens (including phenoxy) is 1. The molecule has 0 aromatic heterocycles. The van der Waals surface area contributed by atoms with E-state index < -0.39 is 12.0 Å². The molecule has 1 unspecified atom stereocenters. The first kappa shape index (κ1) is 15.5. The summed E-state index contributed by atoms with van der Waals surface area (Å²) in [4.78, 5) is 12.7. The van der Waals surface area contributed by atoms with Crippen LogP contribution in [0, 0.1) is 0 Å². The number of likely N-dealkylation sites (N-methyl/N-ethyl adjacent to an activating group) is 1. The molecule has 0 spiro atoms. The number of carboxylic acids is 1. The number of rotatable bonds is 5. The van der Waals surface area contributed by atoms with E-state index in [4.69, 9.17) is 9.84 Å². The maximum absolute atomic E-state index is 10.9. The van der Waals surface area contributed by atoms with Gasteiger partial charge in [0.2, 0.25) is 0 Å². The summed E-state index contributed by atoms with van der Waals surface area (Å²) in [6, 6.07) is 3.27. The molecule has 0 radical (unpaired) electrons. The minimum absolute atomic E-state index is 0.495. The minimum atomic E-state index is -0.842. The Balaban J connectivity index is 3.00. The summed E-state index contributed by atoms with van der Waals surface area (Å²) in [5.41, 5.74) is 0.925. The van der Waals surface area contributed by atoms with Crippen molar-refractivity contribution >= 4 is 37.8 Å². The maximum atomic E-state index is 10.9. The maximum Gasteiger partial charge on any atom is 0.320 e. The molecule has 0 aliphatic heterocycles. The van der Waals surface area contributed by atoms with Crippen LogP contribution >= 0.6 is 31.9 Å². The highest BCUT2D eigenvalue weighted by molar-refractivity contribution is 9.11. The number of nitrogens with zero attached hydrogens (tertiary/aromatic N) is 1. The number of halogens is 2. The second-order valence-electron chi connectivity index (χ2n) is 4.01. The third kappa shape index (κ3) is 3.70. The summed E-state index contributed by atoms with van der Waals surface area (Å²) in [5.74, 6) is -0.117. The molecule has 1 N–H and O–H groups in total. The number of hydrogen-bond donors (Lipinski definition) is 1. The fourth-order valence-corrected chi connectivity index (χ4v) is 3.03. The minimum Gasteiger partial charge on any atom is -0.495 e. The van der Waals surface area contributed by atoms with Gasteiger partial charge in [-0.25, -0.2) is 0 Å². The van der Waals surface area contributed by atoms with Crippen LogP contribution < -0.4 is 4.74 Å². The van der Waals surface area contributed by atoms with Crippen molar-refractivity contribution < 1.29 is 14.6 Å². The molecule has 0 amide bonds. The predicted molar refractivity (Wildman–Crippen MR) is 77.0 cm³/mol. The fraction of sp³-hybridized carbons (Fsp3) is 0.417. The van der Waals surface area contributed by atoms with E-state index in [1.807, 2.05) is 12.1 Å². The number of benzene rings is 1. The van der Waals surface area contributed by atoms with E-state index in [0.29, 0.717) is 6.54 Å². The molecular weight excluding hydrogens is 366 g/mol. The average Bonchev–Trinajstić information content (AvgIpc) is 2.27. The van der Waals surface area contributed by atoms with Crippen LogP contribution in [0.15, 0.2) is 21.1 Å². The van der Waals surface area contributed by atoms with E-state index in [9.17, 15) is 4.79 Å². The van der Waals surface area contributed by atoms with Crippen LogP contribution in [0.3, 0.4) is 0 Å². The van der Waals surface area contributed by atoms with Crippen LogP contribution in [-0.2, 0) is 11.3 Å². The standard InChI is InChI=1S/C12H15Br2NO3/c1-7(12(16)17)15(2)6-8-4-9(13)5-10(14)11(8)18-3/h4-5,7H,6H2,1-3H3,(H,16,17). The van der Waals surface area contributed by atoms with Crippen LogP contribution in [-0.4, -0.2) is 36.2 Å². The Morgan fingerprint density at radius 1 is 1.50 bits per heavy atom. The zero-order valence-electron chi connectivity index (χ0n) is 10.4. The highest BCUT2D eigenvalue weighted by Gasteiger charge is 2.19. The molecule has 100 valence electrons. The molecule has 4 nitrogen and oxygen atoms in total. The Kier molecular flexibility index (Phi) is 5.62. The number of hydrogen-bond acceptors (Lipinski definition) is 3. The summed E-state index contributed by atoms with van der Waals surface area (Å²) in [6.45, 7) is 2.15. The number of methoxy groups -OCH3 is 1. The summed E-state index contributed by atoms with van der Waals surface area (Å²) in [6.07, 6.45) is 0. The van der Waals surface area contributed by atoms with E-state index in [0.717, 1.165) is 20.3 Å². The van der Waals surface area contributed by atoms with E-state index in [1.165, 1.54) is 0 Å². The van der Waals surface area contributed by atoms with Gasteiger partial charge < -0.3 is 9.84 Å². The topological polar surface area (TPSA) is 49.8 Å². The lowest BCUT2D eigenvalue weighted by Crippen LogP contribution is -2.35. The summed E-state index contributed by atoms with van der Waals surface area (Å²) < 4.78 is 7.09. The van der Waals surface area contributed by atoms with E-state index in [2.05, 4.69) is 31.9 Å². The Bertz CT molecular complexity index is 451. The van der Waals surface area contributed by atoms with Gasteiger partial charge in [-0.05, 0) is 42.0 Å². The molecule has 0 aliphatic rings. The Labute approximate surface area is 123 Å². The molecule has 0 bridgehead atoms. The first-order valence-electron chi connectivity index (χ1n) is 5.31. The molecule has 6 heteroatoms. The van der Waals surface area contributed by atoms with E-state index in [-0.39, 0.29) is 0 Å². The van der Waals surface area contributed by atoms with Gasteiger partial charge in [0.25, 0.3) is 0 Å². The summed E-state index contributed by atoms with van der Waals surface area (Å²) in [7, 11) is 3.37. The van der Waals surface area contributed by atoms with Crippen molar-refractivity contribution in [1.29, 1.82) is 0 Å². The second kappa shape index (κ2) is 6.54. The molecule has 0 fully saturated rings. The Morgan fingerprint density at radius 3 is 2.61 bits per heavy atom. The van der Waals surface area contributed by atoms with Gasteiger partial charge in [-0.15, -0.1) is 0 Å². The average molecular weight is 381 g/mol. The lowest BCUT2D eigenvalue weighted by atomic mass is 10.1. The summed E-state index contributed by atoms with van der Waals surface area (Å²) >= 11 is 6.84.